The zero-order valence-electron chi connectivity index (χ0n) is 21.0. The number of rotatable bonds is 10. The molecule has 0 aliphatic heterocycles. The molecule has 0 amide bonds. The largest absolute Gasteiger partial charge is 0.497 e. The van der Waals surface area contributed by atoms with E-state index in [2.05, 4.69) is 10.3 Å². The van der Waals surface area contributed by atoms with Gasteiger partial charge in [-0.25, -0.2) is 9.42 Å². The van der Waals surface area contributed by atoms with Crippen molar-refractivity contribution in [3.05, 3.63) is 125 Å². The number of carbonyl (C=O) groups excluding carboxylic acids is 1. The highest BCUT2D eigenvalue weighted by Gasteiger charge is 2.24. The molecule has 39 heavy (non-hydrogen) atoms. The summed E-state index contributed by atoms with van der Waals surface area (Å²) < 4.78 is 15.8. The van der Waals surface area contributed by atoms with E-state index in [0.717, 1.165) is 11.1 Å². The number of allylic oxidation sites excluding steroid dienone is 1. The van der Waals surface area contributed by atoms with Crippen LogP contribution >= 0.6 is 0 Å². The smallest absolute Gasteiger partial charge is 0.336 e. The Morgan fingerprint density at radius 2 is 1.44 bits per heavy atom. The van der Waals surface area contributed by atoms with Crippen molar-refractivity contribution in [1.82, 2.24) is 10.3 Å². The Morgan fingerprint density at radius 3 is 2.13 bits per heavy atom. The van der Waals surface area contributed by atoms with E-state index >= 15 is 0 Å². The van der Waals surface area contributed by atoms with Crippen LogP contribution in [0.15, 0.2) is 107 Å². The molecule has 1 N–H and O–H groups in total. The number of carboxylic acids is 1. The summed E-state index contributed by atoms with van der Waals surface area (Å²) in [4.78, 5) is 26.4. The van der Waals surface area contributed by atoms with Crippen molar-refractivity contribution < 1.29 is 28.8 Å². The number of nitrogens with zero attached hydrogens (tertiary/aromatic N) is 2. The standard InChI is InChI=1S/C31H24N2O6/c1-37-24-14-9-22(10-15-24)30(34)26(29(31(35)36)23-11-16-27-28(18-23)33-39-32-27)17-20-7-12-25(13-8-20)38-19-21-5-3-2-4-6-21/h2-16,18H,17,19H2,1H3,(H,35,36)/b29-26+. The SMILES string of the molecule is COc1ccc(C(=O)/C(Cc2ccc(OCc3ccccc3)cc2)=C(/C(=O)O)c2ccc3nonc3c2)cc1. The van der Waals surface area contributed by atoms with Crippen LogP contribution < -0.4 is 9.47 Å². The Bertz CT molecular complexity index is 1640. The molecule has 0 bridgehead atoms. The van der Waals surface area contributed by atoms with Crippen LogP contribution in [0.3, 0.4) is 0 Å². The fourth-order valence-electron chi connectivity index (χ4n) is 4.21. The quantitative estimate of drug-likeness (QED) is 0.182. The zero-order chi connectivity index (χ0) is 27.2. The van der Waals surface area contributed by atoms with Crippen LogP contribution in [0, 0.1) is 0 Å². The van der Waals surface area contributed by atoms with Crippen molar-refractivity contribution >= 4 is 28.4 Å². The minimum absolute atomic E-state index is 0.0839. The van der Waals surface area contributed by atoms with Crippen LogP contribution in [0.1, 0.15) is 27.0 Å². The van der Waals surface area contributed by atoms with Gasteiger partial charge in [0.15, 0.2) is 5.78 Å². The molecule has 0 aliphatic carbocycles. The molecule has 0 radical (unpaired) electrons. The van der Waals surface area contributed by atoms with Crippen LogP contribution in [-0.2, 0) is 17.8 Å². The number of hydrogen-bond acceptors (Lipinski definition) is 7. The highest BCUT2D eigenvalue weighted by Crippen LogP contribution is 2.28. The number of ketones is 1. The van der Waals surface area contributed by atoms with Gasteiger partial charge in [-0.1, -0.05) is 48.5 Å². The minimum atomic E-state index is -1.23. The van der Waals surface area contributed by atoms with E-state index in [1.807, 2.05) is 42.5 Å². The van der Waals surface area contributed by atoms with Gasteiger partial charge in [0.05, 0.1) is 12.7 Å². The van der Waals surface area contributed by atoms with Gasteiger partial charge in [-0.15, -0.1) is 0 Å². The molecule has 8 heteroatoms. The first kappa shape index (κ1) is 25.4. The number of ether oxygens (including phenoxy) is 2. The molecule has 0 unspecified atom stereocenters. The molecule has 8 nitrogen and oxygen atoms in total. The number of methoxy groups -OCH3 is 1. The van der Waals surface area contributed by atoms with Gasteiger partial charge in [0, 0.05) is 17.6 Å². The maximum absolute atomic E-state index is 13.8. The van der Waals surface area contributed by atoms with Crippen LogP contribution in [0.4, 0.5) is 0 Å². The van der Waals surface area contributed by atoms with E-state index in [9.17, 15) is 14.7 Å². The van der Waals surface area contributed by atoms with Crippen LogP contribution in [0.5, 0.6) is 11.5 Å². The molecule has 0 spiro atoms. The van der Waals surface area contributed by atoms with Crippen molar-refractivity contribution in [2.24, 2.45) is 0 Å². The fourth-order valence-corrected chi connectivity index (χ4v) is 4.21. The lowest BCUT2D eigenvalue weighted by atomic mass is 9.89. The first-order valence-corrected chi connectivity index (χ1v) is 12.2. The van der Waals surface area contributed by atoms with Crippen molar-refractivity contribution in [1.29, 1.82) is 0 Å². The topological polar surface area (TPSA) is 112 Å². The molecule has 5 rings (SSSR count). The molecular weight excluding hydrogens is 496 g/mol. The summed E-state index contributed by atoms with van der Waals surface area (Å²) in [5.41, 5.74) is 3.35. The van der Waals surface area contributed by atoms with Crippen molar-refractivity contribution in [3.63, 3.8) is 0 Å². The Hall–Kier alpha value is -5.24. The van der Waals surface area contributed by atoms with E-state index in [1.165, 1.54) is 7.11 Å². The molecule has 194 valence electrons. The van der Waals surface area contributed by atoms with Gasteiger partial charge in [0.1, 0.15) is 29.1 Å². The third-order valence-electron chi connectivity index (χ3n) is 6.24. The van der Waals surface area contributed by atoms with Gasteiger partial charge in [-0.3, -0.25) is 4.79 Å². The molecule has 4 aromatic carbocycles. The van der Waals surface area contributed by atoms with Crippen LogP contribution in [-0.4, -0.2) is 34.3 Å². The average molecular weight is 521 g/mol. The fraction of sp³-hybridized carbons (Fsp3) is 0.0968. The van der Waals surface area contributed by atoms with Crippen LogP contribution in [0.2, 0.25) is 0 Å². The first-order chi connectivity index (χ1) is 19.0. The Morgan fingerprint density at radius 1 is 0.769 bits per heavy atom. The molecule has 1 heterocycles. The monoisotopic (exact) mass is 520 g/mol. The number of aliphatic carboxylic acids is 1. The van der Waals surface area contributed by atoms with Gasteiger partial charge in [0.25, 0.3) is 0 Å². The summed E-state index contributed by atoms with van der Waals surface area (Å²) >= 11 is 0. The molecular formula is C31H24N2O6. The minimum Gasteiger partial charge on any atom is -0.497 e. The van der Waals surface area contributed by atoms with Gasteiger partial charge in [-0.2, -0.15) is 0 Å². The molecule has 0 fully saturated rings. The van der Waals surface area contributed by atoms with Crippen molar-refractivity contribution in [3.8, 4) is 11.5 Å². The van der Waals surface area contributed by atoms with Gasteiger partial charge < -0.3 is 14.6 Å². The third kappa shape index (κ3) is 5.86. The molecule has 0 atom stereocenters. The third-order valence-corrected chi connectivity index (χ3v) is 6.24. The number of carbonyl (C=O) groups is 2. The summed E-state index contributed by atoms with van der Waals surface area (Å²) in [6.07, 6.45) is 0.0839. The average Bonchev–Trinajstić information content (AvgIpc) is 3.45. The Kier molecular flexibility index (Phi) is 7.45. The number of aromatic nitrogens is 2. The van der Waals surface area contributed by atoms with Gasteiger partial charge in [0.2, 0.25) is 0 Å². The Balaban J connectivity index is 1.50. The first-order valence-electron chi connectivity index (χ1n) is 12.2. The maximum Gasteiger partial charge on any atom is 0.336 e. The molecule has 5 aromatic rings. The molecule has 0 saturated heterocycles. The second-order valence-electron chi connectivity index (χ2n) is 8.78. The molecule has 1 aromatic heterocycles. The summed E-state index contributed by atoms with van der Waals surface area (Å²) in [6.45, 7) is 0.420. The number of benzene rings is 4. The highest BCUT2D eigenvalue weighted by atomic mass is 16.6. The normalized spacial score (nSPS) is 11.6. The van der Waals surface area contributed by atoms with E-state index < -0.39 is 11.8 Å². The van der Waals surface area contributed by atoms with E-state index in [-0.39, 0.29) is 17.6 Å². The predicted octanol–water partition coefficient (Wildman–Crippen LogP) is 5.77. The van der Waals surface area contributed by atoms with E-state index in [1.54, 1.807) is 54.6 Å². The molecule has 0 saturated carbocycles. The number of hydrogen-bond donors (Lipinski definition) is 1. The van der Waals surface area contributed by atoms with E-state index in [4.69, 9.17) is 14.1 Å². The van der Waals surface area contributed by atoms with Gasteiger partial charge >= 0.3 is 5.97 Å². The second-order valence-corrected chi connectivity index (χ2v) is 8.78. The lowest BCUT2D eigenvalue weighted by molar-refractivity contribution is -0.130. The molecule has 0 aliphatic rings. The summed E-state index contributed by atoms with van der Waals surface area (Å²) in [5, 5.41) is 17.9. The number of carboxylic acid groups (broad SMARTS) is 1. The maximum atomic E-state index is 13.8. The highest BCUT2D eigenvalue weighted by molar-refractivity contribution is 6.26. The number of fused-ring (bicyclic) bond motifs is 1. The Labute approximate surface area is 224 Å². The lowest BCUT2D eigenvalue weighted by Crippen LogP contribution is -2.14. The summed E-state index contributed by atoms with van der Waals surface area (Å²) in [5.74, 6) is -0.383. The van der Waals surface area contributed by atoms with E-state index in [0.29, 0.717) is 40.3 Å². The summed E-state index contributed by atoms with van der Waals surface area (Å²) in [7, 11) is 1.53. The number of Topliss-reactive ketones (excluding diaryl/α,β-unsaturated/α-hetero) is 1. The summed E-state index contributed by atoms with van der Waals surface area (Å²) in [6, 6.07) is 28.4. The van der Waals surface area contributed by atoms with Crippen molar-refractivity contribution in [2.45, 2.75) is 13.0 Å². The van der Waals surface area contributed by atoms with Crippen LogP contribution in [0.25, 0.3) is 16.6 Å². The zero-order valence-corrected chi connectivity index (χ0v) is 21.0. The lowest BCUT2D eigenvalue weighted by Gasteiger charge is -2.14. The predicted molar refractivity (Wildman–Crippen MR) is 145 cm³/mol. The van der Waals surface area contributed by atoms with Gasteiger partial charge in [-0.05, 0) is 75.5 Å². The van der Waals surface area contributed by atoms with Crippen molar-refractivity contribution in [2.75, 3.05) is 7.11 Å². The second kappa shape index (κ2) is 11.4.